The highest BCUT2D eigenvalue weighted by Gasteiger charge is 2.75. The highest BCUT2D eigenvalue weighted by atomic mass is 16.8. The Balaban J connectivity index is 1.43. The molecular formula is C26H40O5. The van der Waals surface area contributed by atoms with Gasteiger partial charge in [-0.05, 0) is 101 Å². The lowest BCUT2D eigenvalue weighted by Gasteiger charge is -2.61. The number of fused-ring (bicyclic) bond motifs is 7. The maximum Gasteiger partial charge on any atom is 0.302 e. The molecule has 0 amide bonds. The van der Waals surface area contributed by atoms with Crippen molar-refractivity contribution >= 4 is 11.8 Å². The summed E-state index contributed by atoms with van der Waals surface area (Å²) in [6, 6.07) is 0. The van der Waals surface area contributed by atoms with Gasteiger partial charge in [0.15, 0.2) is 17.2 Å². The number of hydrogen-bond acceptors (Lipinski definition) is 5. The highest BCUT2D eigenvalue weighted by Crippen LogP contribution is 2.71. The molecular weight excluding hydrogens is 392 g/mol. The van der Waals surface area contributed by atoms with Crippen LogP contribution in [-0.4, -0.2) is 35.3 Å². The van der Waals surface area contributed by atoms with E-state index in [0.717, 1.165) is 38.5 Å². The number of rotatable bonds is 2. The molecule has 0 aromatic carbocycles. The van der Waals surface area contributed by atoms with Gasteiger partial charge in [0.25, 0.3) is 0 Å². The van der Waals surface area contributed by atoms with Crippen molar-refractivity contribution in [3.05, 3.63) is 0 Å². The molecule has 1 saturated heterocycles. The Morgan fingerprint density at radius 1 is 0.903 bits per heavy atom. The molecule has 1 aliphatic heterocycles. The van der Waals surface area contributed by atoms with Crippen LogP contribution in [0.3, 0.4) is 0 Å². The molecule has 9 atom stereocenters. The Morgan fingerprint density at radius 3 is 2.32 bits per heavy atom. The largest absolute Gasteiger partial charge is 0.463 e. The van der Waals surface area contributed by atoms with Gasteiger partial charge in [-0.15, -0.1) is 0 Å². The van der Waals surface area contributed by atoms with Gasteiger partial charge in [0.2, 0.25) is 0 Å². The van der Waals surface area contributed by atoms with Crippen LogP contribution in [-0.2, 0) is 23.8 Å². The molecule has 0 aromatic heterocycles. The number of carbonyl (C=O) groups excluding carboxylic acids is 2. The summed E-state index contributed by atoms with van der Waals surface area (Å²) in [6.07, 6.45) is 8.66. The van der Waals surface area contributed by atoms with Crippen molar-refractivity contribution in [3.8, 4) is 0 Å². The van der Waals surface area contributed by atoms with Gasteiger partial charge in [-0.3, -0.25) is 9.59 Å². The molecule has 5 aliphatic rings. The summed E-state index contributed by atoms with van der Waals surface area (Å²) < 4.78 is 18.5. The van der Waals surface area contributed by atoms with Crippen molar-refractivity contribution in [1.82, 2.24) is 0 Å². The summed E-state index contributed by atoms with van der Waals surface area (Å²) in [5.41, 5.74) is -0.642. The van der Waals surface area contributed by atoms with Crippen LogP contribution in [0.25, 0.3) is 0 Å². The van der Waals surface area contributed by atoms with E-state index in [1.54, 1.807) is 6.92 Å². The van der Waals surface area contributed by atoms with E-state index in [9.17, 15) is 9.59 Å². The monoisotopic (exact) mass is 432 g/mol. The maximum absolute atomic E-state index is 13.1. The molecule has 0 radical (unpaired) electrons. The van der Waals surface area contributed by atoms with E-state index < -0.39 is 11.4 Å². The number of carbonyl (C=O) groups is 2. The van der Waals surface area contributed by atoms with Crippen LogP contribution in [0.15, 0.2) is 0 Å². The van der Waals surface area contributed by atoms with Gasteiger partial charge >= 0.3 is 5.97 Å². The van der Waals surface area contributed by atoms with Crippen LogP contribution in [0.4, 0.5) is 0 Å². The van der Waals surface area contributed by atoms with Crippen molar-refractivity contribution < 1.29 is 23.8 Å². The highest BCUT2D eigenvalue weighted by molar-refractivity contribution is 5.88. The molecule has 1 heterocycles. The minimum Gasteiger partial charge on any atom is -0.463 e. The second-order valence-corrected chi connectivity index (χ2v) is 12.3. The molecule has 0 aromatic rings. The first kappa shape index (κ1) is 21.9. The molecule has 0 spiro atoms. The third-order valence-electron chi connectivity index (χ3n) is 10.5. The first-order chi connectivity index (χ1) is 14.4. The predicted molar refractivity (Wildman–Crippen MR) is 116 cm³/mol. The SMILES string of the molecule is CC(=O)O[C@H]1CC[C@@]2(C)[C@@H](CC[C@H]3[C@H]2CC[C@@]2(C)[C@@H]3C[C@H]3OC(C)(C)O[C@@]32C(C)=O)C1. The van der Waals surface area contributed by atoms with Crippen LogP contribution in [0.5, 0.6) is 0 Å². The third-order valence-corrected chi connectivity index (χ3v) is 10.5. The minimum atomic E-state index is -0.795. The summed E-state index contributed by atoms with van der Waals surface area (Å²) in [5, 5.41) is 0. The topological polar surface area (TPSA) is 61.8 Å². The predicted octanol–water partition coefficient (Wildman–Crippen LogP) is 5.05. The number of Topliss-reactive ketones (excluding diaryl/α,β-unsaturated/α-hetero) is 1. The molecule has 0 unspecified atom stereocenters. The van der Waals surface area contributed by atoms with E-state index >= 15 is 0 Å². The van der Waals surface area contributed by atoms with Gasteiger partial charge in [0.1, 0.15) is 6.10 Å². The second-order valence-electron chi connectivity index (χ2n) is 12.3. The lowest BCUT2D eigenvalue weighted by molar-refractivity contribution is -0.219. The van der Waals surface area contributed by atoms with Crippen LogP contribution < -0.4 is 0 Å². The van der Waals surface area contributed by atoms with Crippen LogP contribution in [0, 0.1) is 34.5 Å². The van der Waals surface area contributed by atoms with E-state index in [-0.39, 0.29) is 29.4 Å². The normalized spacial score (nSPS) is 52.5. The smallest absolute Gasteiger partial charge is 0.302 e. The lowest BCUT2D eigenvalue weighted by atomic mass is 9.44. The van der Waals surface area contributed by atoms with E-state index in [4.69, 9.17) is 14.2 Å². The van der Waals surface area contributed by atoms with E-state index in [2.05, 4.69) is 13.8 Å². The first-order valence-electron chi connectivity index (χ1n) is 12.5. The fraction of sp³-hybridized carbons (Fsp3) is 0.923. The van der Waals surface area contributed by atoms with Crippen LogP contribution in [0.1, 0.15) is 92.9 Å². The van der Waals surface area contributed by atoms with Gasteiger partial charge in [-0.25, -0.2) is 0 Å². The molecule has 31 heavy (non-hydrogen) atoms. The van der Waals surface area contributed by atoms with Crippen molar-refractivity contribution in [2.45, 2.75) is 117 Å². The average Bonchev–Trinajstić information content (AvgIpc) is 3.08. The number of ether oxygens (including phenoxy) is 3. The molecule has 4 aliphatic carbocycles. The Kier molecular flexibility index (Phi) is 4.79. The zero-order valence-electron chi connectivity index (χ0n) is 20.2. The average molecular weight is 433 g/mol. The summed E-state index contributed by atoms with van der Waals surface area (Å²) in [4.78, 5) is 24.6. The summed E-state index contributed by atoms with van der Waals surface area (Å²) in [7, 11) is 0. The van der Waals surface area contributed by atoms with Crippen molar-refractivity contribution in [3.63, 3.8) is 0 Å². The van der Waals surface area contributed by atoms with Crippen LogP contribution >= 0.6 is 0 Å². The molecule has 4 saturated carbocycles. The number of hydrogen-bond donors (Lipinski definition) is 0. The summed E-state index contributed by atoms with van der Waals surface area (Å²) in [5.74, 6) is 1.71. The lowest BCUT2D eigenvalue weighted by Crippen LogP contribution is -2.60. The standard InChI is InChI=1S/C26H40O5/c1-15(27)26-22(30-23(3,4)31-26)14-21-19-8-7-17-13-18(29-16(2)28)9-11-24(17,5)20(19)10-12-25(21,26)6/h17-22H,7-14H2,1-6H3/t17-,18-,19-,20+,21+,22+,24-,25-,26-/m0/s1. The second kappa shape index (κ2) is 6.79. The maximum atomic E-state index is 13.1. The molecule has 5 nitrogen and oxygen atoms in total. The zero-order valence-corrected chi connectivity index (χ0v) is 20.2. The fourth-order valence-electron chi connectivity index (χ4n) is 9.31. The summed E-state index contributed by atoms with van der Waals surface area (Å²) in [6.45, 7) is 12.0. The first-order valence-corrected chi connectivity index (χ1v) is 12.5. The molecule has 5 heteroatoms. The van der Waals surface area contributed by atoms with Gasteiger partial charge in [0, 0.05) is 12.3 Å². The molecule has 5 rings (SSSR count). The molecule has 5 fully saturated rings. The fourth-order valence-corrected chi connectivity index (χ4v) is 9.31. The Morgan fingerprint density at radius 2 is 1.65 bits per heavy atom. The molecule has 0 N–H and O–H groups in total. The minimum absolute atomic E-state index is 0.0943. The van der Waals surface area contributed by atoms with E-state index in [1.807, 2.05) is 13.8 Å². The van der Waals surface area contributed by atoms with Crippen molar-refractivity contribution in [2.75, 3.05) is 0 Å². The van der Waals surface area contributed by atoms with Gasteiger partial charge < -0.3 is 14.2 Å². The van der Waals surface area contributed by atoms with Gasteiger partial charge in [0.05, 0.1) is 6.10 Å². The zero-order chi connectivity index (χ0) is 22.4. The van der Waals surface area contributed by atoms with E-state index in [1.165, 1.54) is 19.8 Å². The van der Waals surface area contributed by atoms with E-state index in [0.29, 0.717) is 29.1 Å². The third kappa shape index (κ3) is 2.87. The Bertz CT molecular complexity index is 791. The molecule has 0 bridgehead atoms. The van der Waals surface area contributed by atoms with Gasteiger partial charge in [-0.2, -0.15) is 0 Å². The van der Waals surface area contributed by atoms with Crippen molar-refractivity contribution in [2.24, 2.45) is 34.5 Å². The quantitative estimate of drug-likeness (QED) is 0.572. The van der Waals surface area contributed by atoms with Gasteiger partial charge in [-0.1, -0.05) is 13.8 Å². The number of esters is 1. The van der Waals surface area contributed by atoms with Crippen LogP contribution in [0.2, 0.25) is 0 Å². The van der Waals surface area contributed by atoms with Crippen molar-refractivity contribution in [1.29, 1.82) is 0 Å². The number of ketones is 1. The Hall–Kier alpha value is -0.940. The summed E-state index contributed by atoms with van der Waals surface area (Å²) >= 11 is 0. The molecule has 174 valence electrons. The Labute approximate surface area is 186 Å².